The number of ether oxygens (including phenoxy) is 1. The molecule has 1 heterocycles. The molecule has 1 saturated heterocycles. The summed E-state index contributed by atoms with van der Waals surface area (Å²) in [4.78, 5) is 12.5. The van der Waals surface area contributed by atoms with Crippen LogP contribution in [0.1, 0.15) is 5.56 Å². The highest BCUT2D eigenvalue weighted by Crippen LogP contribution is 2.40. The van der Waals surface area contributed by atoms with E-state index in [1.54, 1.807) is 12.1 Å². The van der Waals surface area contributed by atoms with Gasteiger partial charge in [-0.15, -0.1) is 0 Å². The normalized spacial score (nSPS) is 15.4. The van der Waals surface area contributed by atoms with E-state index in [-0.39, 0.29) is 11.7 Å². The maximum absolute atomic E-state index is 11.9. The van der Waals surface area contributed by atoms with E-state index in [9.17, 15) is 9.90 Å². The fraction of sp³-hybridized carbons (Fsp3) is 0.0476. The number of rotatable bonds is 3. The topological polar surface area (TPSA) is 58.6 Å². The van der Waals surface area contributed by atoms with E-state index in [0.29, 0.717) is 20.5 Å². The third-order valence-corrected chi connectivity index (χ3v) is 5.48. The Hall–Kier alpha value is -2.83. The van der Waals surface area contributed by atoms with Crippen molar-refractivity contribution in [3.05, 3.63) is 65.1 Å². The second-order valence-corrected chi connectivity index (χ2v) is 7.75. The van der Waals surface area contributed by atoms with Crippen LogP contribution in [0.4, 0.5) is 0 Å². The summed E-state index contributed by atoms with van der Waals surface area (Å²) < 4.78 is 5.77. The van der Waals surface area contributed by atoms with Crippen molar-refractivity contribution in [2.75, 3.05) is 7.11 Å². The molecule has 0 aliphatic carbocycles. The largest absolute Gasteiger partial charge is 0.504 e. The second-order valence-electron chi connectivity index (χ2n) is 6.03. The number of methoxy groups -OCH3 is 1. The van der Waals surface area contributed by atoms with Crippen molar-refractivity contribution in [2.45, 2.75) is 0 Å². The summed E-state index contributed by atoms with van der Waals surface area (Å²) >= 11 is 6.25. The summed E-state index contributed by atoms with van der Waals surface area (Å²) in [7, 11) is 1.50. The molecule has 0 radical (unpaired) electrons. The monoisotopic (exact) mass is 393 g/mol. The fourth-order valence-corrected chi connectivity index (χ4v) is 4.06. The Kier molecular flexibility index (Phi) is 4.59. The number of thioether (sulfide) groups is 1. The summed E-state index contributed by atoms with van der Waals surface area (Å²) in [6, 6.07) is 17.6. The van der Waals surface area contributed by atoms with Crippen LogP contribution in [0.5, 0.6) is 11.5 Å². The molecule has 0 unspecified atom stereocenters. The first kappa shape index (κ1) is 17.6. The number of fused-ring (bicyclic) bond motifs is 1. The molecule has 0 spiro atoms. The number of carbonyl (C=O) groups excluding carboxylic acids is 1. The number of phenolic OH excluding ortho intramolecular Hbond substituents is 1. The van der Waals surface area contributed by atoms with Gasteiger partial charge in [0.2, 0.25) is 0 Å². The van der Waals surface area contributed by atoms with Crippen molar-refractivity contribution >= 4 is 51.1 Å². The number of aromatic hydroxyl groups is 1. The van der Waals surface area contributed by atoms with Crippen molar-refractivity contribution in [3.63, 3.8) is 0 Å². The van der Waals surface area contributed by atoms with Crippen molar-refractivity contribution in [1.29, 1.82) is 0 Å². The summed E-state index contributed by atoms with van der Waals surface area (Å²) in [6.45, 7) is 0. The zero-order valence-corrected chi connectivity index (χ0v) is 16.0. The summed E-state index contributed by atoms with van der Waals surface area (Å²) in [6.07, 6.45) is 1.74. The number of hydrogen-bond acceptors (Lipinski definition) is 5. The zero-order valence-electron chi connectivity index (χ0n) is 14.4. The number of amides is 1. The van der Waals surface area contributed by atoms with Gasteiger partial charge >= 0.3 is 0 Å². The van der Waals surface area contributed by atoms with Crippen LogP contribution in [0.2, 0.25) is 0 Å². The first-order chi connectivity index (χ1) is 13.0. The molecule has 2 N–H and O–H groups in total. The highest BCUT2D eigenvalue weighted by molar-refractivity contribution is 8.26. The first-order valence-corrected chi connectivity index (χ1v) is 9.42. The SMILES string of the molecule is COc1cc(/C=C2\SC(=S)NC2=O)cc(-c2ccc3ccccc3c2)c1O. The van der Waals surface area contributed by atoms with Gasteiger partial charge < -0.3 is 15.2 Å². The molecule has 0 saturated carbocycles. The van der Waals surface area contributed by atoms with E-state index in [1.807, 2.05) is 48.5 Å². The van der Waals surface area contributed by atoms with E-state index in [1.165, 1.54) is 18.9 Å². The van der Waals surface area contributed by atoms with Crippen molar-refractivity contribution < 1.29 is 14.6 Å². The Morgan fingerprint density at radius 1 is 1.11 bits per heavy atom. The summed E-state index contributed by atoms with van der Waals surface area (Å²) in [5, 5.41) is 15.4. The number of thiocarbonyl (C=S) groups is 1. The molecule has 0 aromatic heterocycles. The molecule has 0 atom stereocenters. The Bertz CT molecular complexity index is 1120. The van der Waals surface area contributed by atoms with Gasteiger partial charge in [-0.1, -0.05) is 60.4 Å². The number of phenols is 1. The van der Waals surface area contributed by atoms with Crippen molar-refractivity contribution in [3.8, 4) is 22.6 Å². The smallest absolute Gasteiger partial charge is 0.263 e. The molecule has 3 aromatic rings. The molecule has 1 aliphatic rings. The van der Waals surface area contributed by atoms with Crippen LogP contribution in [-0.4, -0.2) is 22.4 Å². The van der Waals surface area contributed by atoms with Crippen LogP contribution in [-0.2, 0) is 4.79 Å². The van der Waals surface area contributed by atoms with E-state index in [2.05, 4.69) is 5.32 Å². The van der Waals surface area contributed by atoms with E-state index in [4.69, 9.17) is 17.0 Å². The number of benzene rings is 3. The Balaban J connectivity index is 1.85. The van der Waals surface area contributed by atoms with E-state index >= 15 is 0 Å². The van der Waals surface area contributed by atoms with Gasteiger partial charge in [0.25, 0.3) is 5.91 Å². The fourth-order valence-electron chi connectivity index (χ4n) is 3.02. The Labute approximate surface area is 165 Å². The lowest BCUT2D eigenvalue weighted by molar-refractivity contribution is -0.115. The zero-order chi connectivity index (χ0) is 19.0. The van der Waals surface area contributed by atoms with Crippen LogP contribution in [0.15, 0.2) is 59.5 Å². The summed E-state index contributed by atoms with van der Waals surface area (Å²) in [5.41, 5.74) is 2.25. The molecule has 1 fully saturated rings. The number of hydrogen-bond donors (Lipinski definition) is 2. The quantitative estimate of drug-likeness (QED) is 0.499. The van der Waals surface area contributed by atoms with Gasteiger partial charge in [-0.25, -0.2) is 0 Å². The van der Waals surface area contributed by atoms with Gasteiger partial charge in [0, 0.05) is 5.56 Å². The maximum atomic E-state index is 11.9. The molecule has 3 aromatic carbocycles. The highest BCUT2D eigenvalue weighted by atomic mass is 32.2. The lowest BCUT2D eigenvalue weighted by Gasteiger charge is -2.12. The number of carbonyl (C=O) groups is 1. The van der Waals surface area contributed by atoms with E-state index in [0.717, 1.165) is 21.9 Å². The van der Waals surface area contributed by atoms with Crippen LogP contribution < -0.4 is 10.1 Å². The average molecular weight is 393 g/mol. The summed E-state index contributed by atoms with van der Waals surface area (Å²) in [5.74, 6) is 0.191. The maximum Gasteiger partial charge on any atom is 0.263 e. The van der Waals surface area contributed by atoms with Crippen LogP contribution >= 0.6 is 24.0 Å². The van der Waals surface area contributed by atoms with Gasteiger partial charge in [0.15, 0.2) is 11.5 Å². The molecule has 4 nitrogen and oxygen atoms in total. The lowest BCUT2D eigenvalue weighted by atomic mass is 9.98. The highest BCUT2D eigenvalue weighted by Gasteiger charge is 2.22. The first-order valence-electron chi connectivity index (χ1n) is 8.20. The van der Waals surface area contributed by atoms with Gasteiger partial charge in [0.1, 0.15) is 4.32 Å². The third-order valence-electron chi connectivity index (χ3n) is 4.32. The van der Waals surface area contributed by atoms with Crippen LogP contribution in [0.3, 0.4) is 0 Å². The van der Waals surface area contributed by atoms with Crippen LogP contribution in [0.25, 0.3) is 28.0 Å². The predicted octanol–water partition coefficient (Wildman–Crippen LogP) is 4.71. The Morgan fingerprint density at radius 2 is 1.89 bits per heavy atom. The molecule has 27 heavy (non-hydrogen) atoms. The molecule has 1 aliphatic heterocycles. The van der Waals surface area contributed by atoms with E-state index < -0.39 is 0 Å². The minimum absolute atomic E-state index is 0.0639. The Morgan fingerprint density at radius 3 is 2.59 bits per heavy atom. The standard InChI is InChI=1S/C21H15NO3S2/c1-25-17-9-12(10-18-20(24)22-21(26)27-18)8-16(19(17)23)15-7-6-13-4-2-3-5-14(13)11-15/h2-11,23H,1H3,(H,22,24,26)/b18-10-. The molecule has 134 valence electrons. The predicted molar refractivity (Wildman–Crippen MR) is 114 cm³/mol. The third kappa shape index (κ3) is 3.41. The van der Waals surface area contributed by atoms with Gasteiger partial charge in [-0.05, 0) is 46.2 Å². The lowest BCUT2D eigenvalue weighted by Crippen LogP contribution is -2.17. The minimum Gasteiger partial charge on any atom is -0.504 e. The van der Waals surface area contributed by atoms with Crippen molar-refractivity contribution in [1.82, 2.24) is 5.32 Å². The molecule has 4 rings (SSSR count). The van der Waals surface area contributed by atoms with Crippen LogP contribution in [0, 0.1) is 0 Å². The average Bonchev–Trinajstić information content (AvgIpc) is 2.99. The number of nitrogens with one attached hydrogen (secondary N) is 1. The van der Waals surface area contributed by atoms with Gasteiger partial charge in [0.05, 0.1) is 12.0 Å². The molecular formula is C21H15NO3S2. The molecule has 6 heteroatoms. The molecular weight excluding hydrogens is 378 g/mol. The van der Waals surface area contributed by atoms with Gasteiger partial charge in [-0.2, -0.15) is 0 Å². The minimum atomic E-state index is -0.218. The van der Waals surface area contributed by atoms with Crippen molar-refractivity contribution in [2.24, 2.45) is 0 Å². The van der Waals surface area contributed by atoms with Gasteiger partial charge in [-0.3, -0.25) is 4.79 Å². The second kappa shape index (κ2) is 7.06. The molecule has 0 bridgehead atoms. The molecule has 1 amide bonds.